The molecule has 0 aliphatic rings. The molecule has 0 aromatic carbocycles. The molecular formula is C6H14F2O7S2Si. The van der Waals surface area contributed by atoms with Crippen LogP contribution in [-0.2, 0) is 33.6 Å². The van der Waals surface area contributed by atoms with Crippen LogP contribution in [0.15, 0.2) is 0 Å². The van der Waals surface area contributed by atoms with Crippen molar-refractivity contribution in [2.24, 2.45) is 0 Å². The molecule has 0 aliphatic heterocycles. The highest BCUT2D eigenvalue weighted by Gasteiger charge is 2.35. The van der Waals surface area contributed by atoms with E-state index in [9.17, 15) is 25.6 Å². The Kier molecular flexibility index (Phi) is 6.29. The SMILES string of the molecule is C[Si](C)(C)OS(=O)(=O)OCC(F)(F)CO[SH](=O)=O. The molecule has 0 heterocycles. The molecule has 110 valence electrons. The number of alkyl halides is 2. The van der Waals surface area contributed by atoms with Crippen molar-refractivity contribution in [2.75, 3.05) is 13.2 Å². The number of hydrogen-bond acceptors (Lipinski definition) is 7. The highest BCUT2D eigenvalue weighted by Crippen LogP contribution is 2.17. The predicted octanol–water partition coefficient (Wildman–Crippen LogP) is 0.278. The van der Waals surface area contributed by atoms with E-state index in [0.29, 0.717) is 0 Å². The largest absolute Gasteiger partial charge is 0.390 e. The Bertz CT molecular complexity index is 431. The first-order chi connectivity index (χ1) is 7.83. The van der Waals surface area contributed by atoms with Crippen molar-refractivity contribution in [3.05, 3.63) is 0 Å². The molecule has 7 nitrogen and oxygen atoms in total. The molecule has 0 aromatic heterocycles. The van der Waals surface area contributed by atoms with E-state index in [1.165, 1.54) is 19.6 Å². The van der Waals surface area contributed by atoms with Gasteiger partial charge in [0.15, 0.2) is 0 Å². The van der Waals surface area contributed by atoms with Gasteiger partial charge in [-0.3, -0.25) is 8.06 Å². The van der Waals surface area contributed by atoms with Gasteiger partial charge in [-0.25, -0.2) is 21.4 Å². The van der Waals surface area contributed by atoms with Crippen LogP contribution in [0.3, 0.4) is 0 Å². The van der Waals surface area contributed by atoms with Crippen LogP contribution < -0.4 is 0 Å². The topological polar surface area (TPSA) is 96.0 Å². The average Bonchev–Trinajstić information content (AvgIpc) is 2.09. The van der Waals surface area contributed by atoms with Crippen LogP contribution in [0.5, 0.6) is 0 Å². The lowest BCUT2D eigenvalue weighted by atomic mass is 10.4. The summed E-state index contributed by atoms with van der Waals surface area (Å²) in [6, 6.07) is 0. The van der Waals surface area contributed by atoms with E-state index in [-0.39, 0.29) is 0 Å². The molecule has 0 amide bonds. The molecule has 0 aromatic rings. The Morgan fingerprint density at radius 1 is 1.17 bits per heavy atom. The molecule has 0 spiro atoms. The monoisotopic (exact) mass is 328 g/mol. The second kappa shape index (κ2) is 6.34. The van der Waals surface area contributed by atoms with Gasteiger partial charge in [-0.05, 0) is 19.6 Å². The highest BCUT2D eigenvalue weighted by molar-refractivity contribution is 7.83. The molecule has 0 rings (SSSR count). The minimum absolute atomic E-state index is 1.49. The van der Waals surface area contributed by atoms with Crippen molar-refractivity contribution in [2.45, 2.75) is 25.6 Å². The molecule has 0 atom stereocenters. The lowest BCUT2D eigenvalue weighted by Gasteiger charge is -2.18. The maximum atomic E-state index is 12.9. The lowest BCUT2D eigenvalue weighted by Crippen LogP contribution is -2.35. The maximum absolute atomic E-state index is 12.9. The Hall–Kier alpha value is -0.143. The molecular weight excluding hydrogens is 314 g/mol. The van der Waals surface area contributed by atoms with E-state index in [1.54, 1.807) is 0 Å². The van der Waals surface area contributed by atoms with E-state index in [2.05, 4.69) is 12.2 Å². The molecule has 0 bridgehead atoms. The first-order valence-electron chi connectivity index (χ1n) is 4.58. The van der Waals surface area contributed by atoms with Crippen LogP contribution in [0.25, 0.3) is 0 Å². The fourth-order valence-corrected chi connectivity index (χ4v) is 3.93. The minimum Gasteiger partial charge on any atom is -0.294 e. The van der Waals surface area contributed by atoms with E-state index in [1.807, 2.05) is 0 Å². The fraction of sp³-hybridized carbons (Fsp3) is 1.00. The van der Waals surface area contributed by atoms with E-state index in [0.717, 1.165) is 0 Å². The molecule has 0 fully saturated rings. The first-order valence-corrected chi connectivity index (χ1v) is 10.4. The third-order valence-electron chi connectivity index (χ3n) is 1.15. The van der Waals surface area contributed by atoms with E-state index in [4.69, 9.17) is 0 Å². The Morgan fingerprint density at radius 2 is 1.67 bits per heavy atom. The number of hydrogen-bond donors (Lipinski definition) is 1. The summed E-state index contributed by atoms with van der Waals surface area (Å²) in [4.78, 5) is 0. The molecule has 0 radical (unpaired) electrons. The van der Waals surface area contributed by atoms with Gasteiger partial charge < -0.3 is 0 Å². The van der Waals surface area contributed by atoms with Gasteiger partial charge in [-0.15, -0.1) is 0 Å². The van der Waals surface area contributed by atoms with Gasteiger partial charge >= 0.3 is 10.4 Å². The highest BCUT2D eigenvalue weighted by atomic mass is 32.3. The summed E-state index contributed by atoms with van der Waals surface area (Å²) < 4.78 is 80.1. The molecule has 0 unspecified atom stereocenters. The third-order valence-corrected chi connectivity index (χ3v) is 4.71. The summed E-state index contributed by atoms with van der Waals surface area (Å²) in [5, 5.41) is 0. The van der Waals surface area contributed by atoms with Crippen molar-refractivity contribution in [3.63, 3.8) is 0 Å². The predicted molar refractivity (Wildman–Crippen MR) is 60.5 cm³/mol. The second-order valence-corrected chi connectivity index (χ2v) is 10.9. The van der Waals surface area contributed by atoms with Gasteiger partial charge in [-0.1, -0.05) is 0 Å². The summed E-state index contributed by atoms with van der Waals surface area (Å²) in [5.74, 6) is -3.76. The quantitative estimate of drug-likeness (QED) is 0.505. The molecule has 18 heavy (non-hydrogen) atoms. The van der Waals surface area contributed by atoms with Gasteiger partial charge in [0.05, 0.1) is 0 Å². The number of rotatable bonds is 8. The Balaban J connectivity index is 4.38. The van der Waals surface area contributed by atoms with E-state index < -0.39 is 48.8 Å². The molecule has 12 heteroatoms. The summed E-state index contributed by atoms with van der Waals surface area (Å²) in [7, 11) is -10.5. The molecule has 0 saturated heterocycles. The molecule has 0 N–H and O–H groups in total. The van der Waals surface area contributed by atoms with E-state index >= 15 is 0 Å². The zero-order chi connectivity index (χ0) is 14.6. The van der Waals surface area contributed by atoms with Crippen molar-refractivity contribution in [3.8, 4) is 0 Å². The van der Waals surface area contributed by atoms with Crippen LogP contribution in [0.2, 0.25) is 19.6 Å². The Labute approximate surface area is 107 Å². The third kappa shape index (κ3) is 9.84. The Morgan fingerprint density at radius 3 is 2.06 bits per heavy atom. The number of halogens is 2. The average molecular weight is 328 g/mol. The van der Waals surface area contributed by atoms with Gasteiger partial charge in [0, 0.05) is 0 Å². The maximum Gasteiger partial charge on any atom is 0.390 e. The summed E-state index contributed by atoms with van der Waals surface area (Å²) in [6.07, 6.45) is 0. The van der Waals surface area contributed by atoms with Crippen molar-refractivity contribution in [1.29, 1.82) is 0 Å². The van der Waals surface area contributed by atoms with Crippen molar-refractivity contribution >= 4 is 29.7 Å². The van der Waals surface area contributed by atoms with Gasteiger partial charge in [-0.2, -0.15) is 8.42 Å². The normalized spacial score (nSPS) is 14.1. The van der Waals surface area contributed by atoms with Gasteiger partial charge in [0.25, 0.3) is 16.9 Å². The van der Waals surface area contributed by atoms with Crippen molar-refractivity contribution in [1.82, 2.24) is 0 Å². The summed E-state index contributed by atoms with van der Waals surface area (Å²) in [5.41, 5.74) is 0. The minimum atomic E-state index is -4.54. The van der Waals surface area contributed by atoms with Gasteiger partial charge in [0.1, 0.15) is 13.2 Å². The zero-order valence-corrected chi connectivity index (χ0v) is 12.6. The molecule has 0 aliphatic carbocycles. The van der Waals surface area contributed by atoms with Crippen LogP contribution in [0.1, 0.15) is 0 Å². The smallest absolute Gasteiger partial charge is 0.294 e. The first kappa shape index (κ1) is 17.9. The standard InChI is InChI=1S/C6H14F2O7S2Si/c1-18(2,3)15-17(11,12)14-5-6(7,8)4-13-16(9)10/h16H,4-5H2,1-3H3. The number of thiol groups is 1. The fourth-order valence-electron chi connectivity index (χ4n) is 0.677. The van der Waals surface area contributed by atoms with Crippen molar-refractivity contribution < 1.29 is 37.9 Å². The van der Waals surface area contributed by atoms with Gasteiger partial charge in [0.2, 0.25) is 8.32 Å². The van der Waals surface area contributed by atoms with Crippen LogP contribution >= 0.6 is 0 Å². The van der Waals surface area contributed by atoms with Crippen LogP contribution in [0.4, 0.5) is 8.78 Å². The zero-order valence-electron chi connectivity index (χ0n) is 9.88. The second-order valence-electron chi connectivity index (χ2n) is 4.22. The van der Waals surface area contributed by atoms with Crippen LogP contribution in [0, 0.1) is 0 Å². The summed E-state index contributed by atoms with van der Waals surface area (Å²) >= 11 is 0. The summed E-state index contributed by atoms with van der Waals surface area (Å²) in [6.45, 7) is 1.53. The van der Waals surface area contributed by atoms with Crippen LogP contribution in [-0.4, -0.2) is 44.3 Å². The lowest BCUT2D eigenvalue weighted by molar-refractivity contribution is -0.0710. The molecule has 0 saturated carbocycles.